The van der Waals surface area contributed by atoms with E-state index in [1.807, 2.05) is 27.0 Å². The maximum Gasteiger partial charge on any atom is 0.224 e. The lowest BCUT2D eigenvalue weighted by atomic mass is 10.0. The summed E-state index contributed by atoms with van der Waals surface area (Å²) in [6, 6.07) is 6.22. The molecule has 0 fully saturated rings. The smallest absolute Gasteiger partial charge is 0.224 e. The Morgan fingerprint density at radius 3 is 2.58 bits per heavy atom. The molecule has 1 aromatic carbocycles. The number of aromatic amines is 1. The van der Waals surface area contributed by atoms with Gasteiger partial charge in [0.25, 0.3) is 0 Å². The zero-order chi connectivity index (χ0) is 17.4. The average Bonchev–Trinajstić information content (AvgIpc) is 3.02. The number of fused-ring (bicyclic) bond motifs is 1. The van der Waals surface area contributed by atoms with E-state index in [0.29, 0.717) is 13.0 Å². The van der Waals surface area contributed by atoms with Crippen LogP contribution in [0.2, 0.25) is 0 Å². The first-order valence-electron chi connectivity index (χ1n) is 8.20. The Morgan fingerprint density at radius 2 is 1.92 bits per heavy atom. The summed E-state index contributed by atoms with van der Waals surface area (Å²) >= 11 is 0. The van der Waals surface area contributed by atoms with Crippen molar-refractivity contribution >= 4 is 16.8 Å². The summed E-state index contributed by atoms with van der Waals surface area (Å²) in [5.74, 6) is 0.0266. The second-order valence-corrected chi connectivity index (χ2v) is 6.53. The molecular weight excluding hydrogens is 300 g/mol. The lowest BCUT2D eigenvalue weighted by Crippen LogP contribution is -2.25. The lowest BCUT2D eigenvalue weighted by Gasteiger charge is -2.07. The number of H-pyrrole nitrogens is 1. The van der Waals surface area contributed by atoms with Crippen LogP contribution in [0.5, 0.6) is 0 Å². The number of nitrogens with one attached hydrogen (secondary N) is 2. The fourth-order valence-electron chi connectivity index (χ4n) is 3.27. The average molecular weight is 324 g/mol. The molecule has 1 amide bonds. The first kappa shape index (κ1) is 16.3. The summed E-state index contributed by atoms with van der Waals surface area (Å²) in [5, 5.41) is 8.48. The zero-order valence-electron chi connectivity index (χ0n) is 14.9. The van der Waals surface area contributed by atoms with Gasteiger partial charge in [0.05, 0.1) is 24.4 Å². The van der Waals surface area contributed by atoms with Gasteiger partial charge in [-0.15, -0.1) is 0 Å². The van der Waals surface area contributed by atoms with Gasteiger partial charge in [-0.2, -0.15) is 5.10 Å². The number of aryl methyl sites for hydroxylation is 5. The van der Waals surface area contributed by atoms with Gasteiger partial charge in [-0.3, -0.25) is 9.48 Å². The first-order chi connectivity index (χ1) is 11.4. The minimum absolute atomic E-state index is 0.0266. The molecule has 2 heterocycles. The Labute approximate surface area is 142 Å². The van der Waals surface area contributed by atoms with Crippen molar-refractivity contribution in [2.75, 3.05) is 0 Å². The molecule has 5 heteroatoms. The molecule has 2 aromatic heterocycles. The fourth-order valence-corrected chi connectivity index (χ4v) is 3.27. The largest absolute Gasteiger partial charge is 0.358 e. The summed E-state index contributed by atoms with van der Waals surface area (Å²) in [6.45, 7) is 8.66. The number of hydrogen-bond donors (Lipinski definition) is 2. The molecule has 2 N–H and O–H groups in total. The molecule has 3 rings (SSSR count). The lowest BCUT2D eigenvalue weighted by molar-refractivity contribution is -0.120. The number of aromatic nitrogens is 3. The van der Waals surface area contributed by atoms with E-state index in [1.54, 1.807) is 4.68 Å². The van der Waals surface area contributed by atoms with Gasteiger partial charge in [0.1, 0.15) is 0 Å². The molecular formula is C19H24N4O. The minimum Gasteiger partial charge on any atom is -0.358 e. The maximum atomic E-state index is 12.4. The molecule has 0 aliphatic rings. The van der Waals surface area contributed by atoms with Crippen molar-refractivity contribution in [3.63, 3.8) is 0 Å². The quantitative estimate of drug-likeness (QED) is 0.775. The van der Waals surface area contributed by atoms with Crippen LogP contribution in [0.3, 0.4) is 0 Å². The number of nitrogens with zero attached hydrogens (tertiary/aromatic N) is 2. The minimum atomic E-state index is 0.0266. The maximum absolute atomic E-state index is 12.4. The van der Waals surface area contributed by atoms with E-state index >= 15 is 0 Å². The van der Waals surface area contributed by atoms with E-state index in [0.717, 1.165) is 28.2 Å². The molecule has 0 atom stereocenters. The predicted molar refractivity (Wildman–Crippen MR) is 96.0 cm³/mol. The van der Waals surface area contributed by atoms with E-state index in [2.05, 4.69) is 41.4 Å². The molecule has 0 spiro atoms. The number of hydrogen-bond acceptors (Lipinski definition) is 2. The molecule has 0 unspecified atom stereocenters. The van der Waals surface area contributed by atoms with Crippen LogP contribution in [0.4, 0.5) is 0 Å². The van der Waals surface area contributed by atoms with Crippen LogP contribution < -0.4 is 5.32 Å². The molecule has 3 aromatic rings. The standard InChI is InChI=1S/C19H24N4O/c1-11-6-7-12(2)19-18(11)16(14(4)21-19)9-17(24)20-10-15-8-13(3)22-23(15)5/h6-8,21H,9-10H2,1-5H3,(H,20,24). The van der Waals surface area contributed by atoms with Gasteiger partial charge in [-0.05, 0) is 50.5 Å². The van der Waals surface area contributed by atoms with Crippen LogP contribution >= 0.6 is 0 Å². The number of carbonyl (C=O) groups excluding carboxylic acids is 1. The predicted octanol–water partition coefficient (Wildman–Crippen LogP) is 2.99. The molecule has 0 saturated carbocycles. The monoisotopic (exact) mass is 324 g/mol. The van der Waals surface area contributed by atoms with Crippen molar-refractivity contribution in [1.29, 1.82) is 0 Å². The molecule has 0 saturated heterocycles. The molecule has 5 nitrogen and oxygen atoms in total. The van der Waals surface area contributed by atoms with Crippen molar-refractivity contribution in [2.45, 2.75) is 40.7 Å². The van der Waals surface area contributed by atoms with Gasteiger partial charge < -0.3 is 10.3 Å². The molecule has 126 valence electrons. The van der Waals surface area contributed by atoms with Crippen molar-refractivity contribution in [3.8, 4) is 0 Å². The van der Waals surface area contributed by atoms with Crippen LogP contribution in [-0.2, 0) is 24.8 Å². The Kier molecular flexibility index (Phi) is 4.18. The Bertz CT molecular complexity index is 917. The Hall–Kier alpha value is -2.56. The summed E-state index contributed by atoms with van der Waals surface area (Å²) in [4.78, 5) is 15.9. The van der Waals surface area contributed by atoms with Crippen LogP contribution in [0.1, 0.15) is 33.8 Å². The molecule has 0 aliphatic heterocycles. The first-order valence-corrected chi connectivity index (χ1v) is 8.20. The molecule has 0 aliphatic carbocycles. The van der Waals surface area contributed by atoms with Gasteiger partial charge in [0.15, 0.2) is 0 Å². The van der Waals surface area contributed by atoms with Crippen molar-refractivity contribution in [2.24, 2.45) is 7.05 Å². The van der Waals surface area contributed by atoms with Crippen molar-refractivity contribution in [1.82, 2.24) is 20.1 Å². The van der Waals surface area contributed by atoms with E-state index in [1.165, 1.54) is 16.5 Å². The second kappa shape index (κ2) is 6.15. The third-order valence-electron chi connectivity index (χ3n) is 4.59. The van der Waals surface area contributed by atoms with E-state index in [-0.39, 0.29) is 5.91 Å². The van der Waals surface area contributed by atoms with Crippen LogP contribution in [0.15, 0.2) is 18.2 Å². The van der Waals surface area contributed by atoms with Crippen molar-refractivity contribution in [3.05, 3.63) is 52.0 Å². The summed E-state index contributed by atoms with van der Waals surface area (Å²) in [7, 11) is 1.89. The highest BCUT2D eigenvalue weighted by molar-refractivity contribution is 5.93. The van der Waals surface area contributed by atoms with E-state index in [4.69, 9.17) is 0 Å². The Balaban J connectivity index is 1.80. The van der Waals surface area contributed by atoms with Gasteiger partial charge in [0, 0.05) is 23.6 Å². The summed E-state index contributed by atoms with van der Waals surface area (Å²) in [6.07, 6.45) is 0.382. The molecule has 24 heavy (non-hydrogen) atoms. The van der Waals surface area contributed by atoms with E-state index < -0.39 is 0 Å². The highest BCUT2D eigenvalue weighted by Crippen LogP contribution is 2.28. The molecule has 0 bridgehead atoms. The summed E-state index contributed by atoms with van der Waals surface area (Å²) < 4.78 is 1.81. The van der Waals surface area contributed by atoms with Gasteiger partial charge >= 0.3 is 0 Å². The highest BCUT2D eigenvalue weighted by atomic mass is 16.1. The van der Waals surface area contributed by atoms with Crippen molar-refractivity contribution < 1.29 is 4.79 Å². The topological polar surface area (TPSA) is 62.7 Å². The van der Waals surface area contributed by atoms with Gasteiger partial charge in [-0.25, -0.2) is 0 Å². The third kappa shape index (κ3) is 2.94. The molecule has 0 radical (unpaired) electrons. The van der Waals surface area contributed by atoms with Crippen LogP contribution in [0, 0.1) is 27.7 Å². The third-order valence-corrected chi connectivity index (χ3v) is 4.59. The second-order valence-electron chi connectivity index (χ2n) is 6.53. The normalized spacial score (nSPS) is 11.2. The number of rotatable bonds is 4. The fraction of sp³-hybridized carbons (Fsp3) is 0.368. The number of benzene rings is 1. The highest BCUT2D eigenvalue weighted by Gasteiger charge is 2.15. The zero-order valence-corrected chi connectivity index (χ0v) is 14.9. The van der Waals surface area contributed by atoms with Crippen LogP contribution in [0.25, 0.3) is 10.9 Å². The SMILES string of the molecule is Cc1cc(CNC(=O)Cc2c(C)[nH]c3c(C)ccc(C)c23)n(C)n1. The number of carbonyl (C=O) groups is 1. The number of amides is 1. The van der Waals surface area contributed by atoms with E-state index in [9.17, 15) is 4.79 Å². The van der Waals surface area contributed by atoms with Gasteiger partial charge in [-0.1, -0.05) is 12.1 Å². The Morgan fingerprint density at radius 1 is 1.21 bits per heavy atom. The summed E-state index contributed by atoms with van der Waals surface area (Å²) in [5.41, 5.74) is 7.65. The van der Waals surface area contributed by atoms with Crippen LogP contribution in [-0.4, -0.2) is 20.7 Å². The van der Waals surface area contributed by atoms with Gasteiger partial charge in [0.2, 0.25) is 5.91 Å².